The predicted octanol–water partition coefficient (Wildman–Crippen LogP) is -0.491. The molecule has 0 aromatic heterocycles. The molecule has 0 saturated carbocycles. The Morgan fingerprint density at radius 3 is 2.36 bits per heavy atom. The number of aliphatic hydroxyl groups is 2. The summed E-state index contributed by atoms with van der Waals surface area (Å²) >= 11 is 0. The molecule has 0 aromatic rings. The number of carbonyl (C=O) groups excluding carboxylic acids is 1. The van der Waals surface area contributed by atoms with E-state index in [0.29, 0.717) is 0 Å². The Bertz CT molecular complexity index is 184. The molecule has 0 aliphatic carbocycles. The topological polar surface area (TPSA) is 83.6 Å². The maximum atomic E-state index is 10.4. The van der Waals surface area contributed by atoms with Crippen LogP contribution in [0.1, 0.15) is 20.3 Å². The monoisotopic (exact) mass is 159 g/mol. The molecule has 0 aliphatic rings. The van der Waals surface area contributed by atoms with Crippen LogP contribution in [0.4, 0.5) is 0 Å². The van der Waals surface area contributed by atoms with Crippen molar-refractivity contribution in [1.82, 2.24) is 0 Å². The van der Waals surface area contributed by atoms with Gasteiger partial charge in [-0.2, -0.15) is 0 Å². The van der Waals surface area contributed by atoms with Crippen molar-refractivity contribution in [2.45, 2.75) is 26.1 Å². The van der Waals surface area contributed by atoms with Crippen LogP contribution in [0.2, 0.25) is 0 Å². The fourth-order valence-electron chi connectivity index (χ4n) is 0.520. The summed E-state index contributed by atoms with van der Waals surface area (Å²) in [5, 5.41) is 18.0. The highest BCUT2D eigenvalue weighted by atomic mass is 16.5. The highest BCUT2D eigenvalue weighted by Gasteiger charge is 2.17. The molecule has 0 heterocycles. The highest BCUT2D eigenvalue weighted by molar-refractivity contribution is 5.91. The van der Waals surface area contributed by atoms with Crippen molar-refractivity contribution in [3.63, 3.8) is 0 Å². The highest BCUT2D eigenvalue weighted by Crippen LogP contribution is 2.09. The molecule has 4 N–H and O–H groups in total. The number of amides is 1. The maximum Gasteiger partial charge on any atom is 0.244 e. The minimum Gasteiger partial charge on any atom is -0.366 e. The van der Waals surface area contributed by atoms with E-state index >= 15 is 0 Å². The summed E-state index contributed by atoms with van der Waals surface area (Å²) in [4.78, 5) is 10.4. The van der Waals surface area contributed by atoms with Crippen LogP contribution in [0.25, 0.3) is 0 Å². The minimum absolute atomic E-state index is 0.123. The van der Waals surface area contributed by atoms with Crippen LogP contribution >= 0.6 is 0 Å². The fourth-order valence-corrected chi connectivity index (χ4v) is 0.520. The lowest BCUT2D eigenvalue weighted by Crippen LogP contribution is -2.26. The average Bonchev–Trinajstić information content (AvgIpc) is 1.87. The van der Waals surface area contributed by atoms with Gasteiger partial charge in [0.15, 0.2) is 5.79 Å². The van der Waals surface area contributed by atoms with E-state index < -0.39 is 11.7 Å². The molecule has 0 radical (unpaired) electrons. The smallest absolute Gasteiger partial charge is 0.244 e. The first kappa shape index (κ1) is 10.1. The standard InChI is InChI=1S/C7H13NO3/c1-3-7(10,11)4-5(2)6(8)9/h4,10-11H,3H2,1-2H3,(H2,8,9)/b5-4+. The first-order valence-electron chi connectivity index (χ1n) is 3.33. The van der Waals surface area contributed by atoms with Crippen molar-refractivity contribution in [2.75, 3.05) is 0 Å². The molecule has 0 aliphatic heterocycles. The lowest BCUT2D eigenvalue weighted by atomic mass is 10.1. The van der Waals surface area contributed by atoms with Gasteiger partial charge >= 0.3 is 0 Å². The number of nitrogens with two attached hydrogens (primary N) is 1. The van der Waals surface area contributed by atoms with E-state index in [1.165, 1.54) is 6.92 Å². The molecular formula is C7H13NO3. The second-order valence-electron chi connectivity index (χ2n) is 2.42. The minimum atomic E-state index is -1.92. The van der Waals surface area contributed by atoms with Gasteiger partial charge in [0, 0.05) is 12.0 Å². The summed E-state index contributed by atoms with van der Waals surface area (Å²) in [6.45, 7) is 3.02. The van der Waals surface area contributed by atoms with Crippen LogP contribution in [-0.2, 0) is 4.79 Å². The van der Waals surface area contributed by atoms with Crippen LogP contribution in [0, 0.1) is 0 Å². The predicted molar refractivity (Wildman–Crippen MR) is 40.4 cm³/mol. The first-order valence-corrected chi connectivity index (χ1v) is 3.33. The van der Waals surface area contributed by atoms with E-state index in [1.54, 1.807) is 6.92 Å². The van der Waals surface area contributed by atoms with Gasteiger partial charge in [-0.3, -0.25) is 4.79 Å². The van der Waals surface area contributed by atoms with Gasteiger partial charge < -0.3 is 15.9 Å². The van der Waals surface area contributed by atoms with Gasteiger partial charge in [-0.15, -0.1) is 0 Å². The molecule has 4 nitrogen and oxygen atoms in total. The fraction of sp³-hybridized carbons (Fsp3) is 0.571. The normalized spacial score (nSPS) is 13.3. The third-order valence-electron chi connectivity index (χ3n) is 1.36. The van der Waals surface area contributed by atoms with Gasteiger partial charge in [-0.1, -0.05) is 6.92 Å². The molecule has 11 heavy (non-hydrogen) atoms. The Kier molecular flexibility index (Phi) is 3.22. The lowest BCUT2D eigenvalue weighted by Gasteiger charge is -2.14. The third-order valence-corrected chi connectivity index (χ3v) is 1.36. The summed E-state index contributed by atoms with van der Waals surface area (Å²) < 4.78 is 0. The molecule has 1 amide bonds. The molecule has 4 heteroatoms. The van der Waals surface area contributed by atoms with Gasteiger partial charge in [-0.25, -0.2) is 0 Å². The zero-order valence-corrected chi connectivity index (χ0v) is 6.66. The summed E-state index contributed by atoms with van der Waals surface area (Å²) in [5.41, 5.74) is 5.02. The third kappa shape index (κ3) is 3.75. The lowest BCUT2D eigenvalue weighted by molar-refractivity contribution is -0.123. The Labute approximate surface area is 65.3 Å². The number of primary amides is 1. The quantitative estimate of drug-likeness (QED) is 0.383. The van der Waals surface area contributed by atoms with Crippen molar-refractivity contribution >= 4 is 5.91 Å². The van der Waals surface area contributed by atoms with E-state index in [-0.39, 0.29) is 12.0 Å². The summed E-state index contributed by atoms with van der Waals surface area (Å²) in [6.07, 6.45) is 1.16. The Morgan fingerprint density at radius 1 is 1.64 bits per heavy atom. The summed E-state index contributed by atoms with van der Waals surface area (Å²) in [6, 6.07) is 0. The van der Waals surface area contributed by atoms with Gasteiger partial charge in [0.25, 0.3) is 0 Å². The molecule has 0 spiro atoms. The van der Waals surface area contributed by atoms with Gasteiger partial charge in [0.2, 0.25) is 5.91 Å². The number of rotatable bonds is 3. The second kappa shape index (κ2) is 3.50. The van der Waals surface area contributed by atoms with Crippen molar-refractivity contribution < 1.29 is 15.0 Å². The van der Waals surface area contributed by atoms with E-state index in [1.807, 2.05) is 0 Å². The summed E-state index contributed by atoms with van der Waals surface area (Å²) in [7, 11) is 0. The average molecular weight is 159 g/mol. The van der Waals surface area contributed by atoms with Crippen LogP contribution in [-0.4, -0.2) is 21.9 Å². The molecule has 0 aromatic carbocycles. The van der Waals surface area contributed by atoms with Gasteiger partial charge in [0.05, 0.1) is 0 Å². The second-order valence-corrected chi connectivity index (χ2v) is 2.42. The van der Waals surface area contributed by atoms with Crippen LogP contribution in [0.15, 0.2) is 11.6 Å². The zero-order valence-electron chi connectivity index (χ0n) is 6.66. The van der Waals surface area contributed by atoms with Crippen LogP contribution in [0.3, 0.4) is 0 Å². The Hall–Kier alpha value is -0.870. The molecule has 0 unspecified atom stereocenters. The van der Waals surface area contributed by atoms with E-state index in [2.05, 4.69) is 0 Å². The molecular weight excluding hydrogens is 146 g/mol. The molecule has 0 fully saturated rings. The summed E-state index contributed by atoms with van der Waals surface area (Å²) in [5.74, 6) is -2.56. The first-order chi connectivity index (χ1) is 4.89. The van der Waals surface area contributed by atoms with Gasteiger partial charge in [-0.05, 0) is 13.0 Å². The maximum absolute atomic E-state index is 10.4. The van der Waals surface area contributed by atoms with Crippen molar-refractivity contribution in [3.8, 4) is 0 Å². The number of hydrogen-bond acceptors (Lipinski definition) is 3. The van der Waals surface area contributed by atoms with Crippen molar-refractivity contribution in [1.29, 1.82) is 0 Å². The molecule has 0 bridgehead atoms. The van der Waals surface area contributed by atoms with Crippen molar-refractivity contribution in [3.05, 3.63) is 11.6 Å². The van der Waals surface area contributed by atoms with Crippen LogP contribution in [0.5, 0.6) is 0 Å². The van der Waals surface area contributed by atoms with E-state index in [4.69, 9.17) is 15.9 Å². The molecule has 64 valence electrons. The molecule has 0 rings (SSSR count). The SMILES string of the molecule is CCC(O)(O)/C=C(\C)C(N)=O. The number of hydrogen-bond donors (Lipinski definition) is 3. The zero-order chi connectivity index (χ0) is 9.07. The molecule has 0 saturated heterocycles. The molecule has 0 atom stereocenters. The Balaban J connectivity index is 4.41. The van der Waals surface area contributed by atoms with E-state index in [0.717, 1.165) is 6.08 Å². The van der Waals surface area contributed by atoms with Crippen LogP contribution < -0.4 is 5.73 Å². The van der Waals surface area contributed by atoms with Crippen molar-refractivity contribution in [2.24, 2.45) is 5.73 Å². The Morgan fingerprint density at radius 2 is 2.09 bits per heavy atom. The van der Waals surface area contributed by atoms with Gasteiger partial charge in [0.1, 0.15) is 0 Å². The van der Waals surface area contributed by atoms with E-state index in [9.17, 15) is 4.79 Å². The largest absolute Gasteiger partial charge is 0.366 e. The number of carbonyl (C=O) groups is 1.